The highest BCUT2D eigenvalue weighted by atomic mass is 35.5. The molecule has 1 aromatic heterocycles. The number of rotatable bonds is 4. The number of hydrogen-bond donors (Lipinski definition) is 0. The van der Waals surface area contributed by atoms with E-state index < -0.39 is 0 Å². The summed E-state index contributed by atoms with van der Waals surface area (Å²) in [5.41, 5.74) is 5.17. The normalized spacial score (nSPS) is 13.0. The molecular formula is C26H21Cl2N3O2. The van der Waals surface area contributed by atoms with Crippen molar-refractivity contribution in [1.29, 1.82) is 0 Å². The number of ether oxygens (including phenoxy) is 1. The molecule has 0 atom stereocenters. The van der Waals surface area contributed by atoms with Gasteiger partial charge in [0.1, 0.15) is 11.4 Å². The number of benzene rings is 3. The number of amides is 1. The monoisotopic (exact) mass is 477 g/mol. The van der Waals surface area contributed by atoms with Crippen molar-refractivity contribution in [3.05, 3.63) is 99.7 Å². The van der Waals surface area contributed by atoms with Gasteiger partial charge in [0.05, 0.1) is 28.5 Å². The van der Waals surface area contributed by atoms with Gasteiger partial charge in [-0.05, 0) is 66.1 Å². The number of hydrogen-bond acceptors (Lipinski definition) is 3. The Morgan fingerprint density at radius 3 is 2.42 bits per heavy atom. The Morgan fingerprint density at radius 1 is 0.939 bits per heavy atom. The number of methoxy groups -OCH3 is 1. The predicted molar refractivity (Wildman–Crippen MR) is 130 cm³/mol. The van der Waals surface area contributed by atoms with Gasteiger partial charge in [0.2, 0.25) is 0 Å². The maximum absolute atomic E-state index is 13.7. The first kappa shape index (κ1) is 21.6. The maximum Gasteiger partial charge on any atom is 0.272 e. The number of nitrogens with zero attached hydrogens (tertiary/aromatic N) is 3. The van der Waals surface area contributed by atoms with Crippen LogP contribution in [0, 0.1) is 0 Å². The van der Waals surface area contributed by atoms with Crippen LogP contribution in [-0.2, 0) is 13.0 Å². The van der Waals surface area contributed by atoms with Crippen LogP contribution in [0.15, 0.2) is 72.8 Å². The Balaban J connectivity index is 1.56. The van der Waals surface area contributed by atoms with E-state index in [2.05, 4.69) is 12.1 Å². The molecule has 2 heterocycles. The number of fused-ring (bicyclic) bond motifs is 1. The van der Waals surface area contributed by atoms with Crippen molar-refractivity contribution in [3.8, 4) is 22.7 Å². The summed E-state index contributed by atoms with van der Waals surface area (Å²) in [6.45, 7) is 1.22. The molecule has 166 valence electrons. The summed E-state index contributed by atoms with van der Waals surface area (Å²) < 4.78 is 6.90. The largest absolute Gasteiger partial charge is 0.497 e. The minimum absolute atomic E-state index is 0.0807. The Hall–Kier alpha value is -3.28. The molecule has 0 N–H and O–H groups in total. The SMILES string of the molecule is COc1ccc(-c2cc(C(=O)N3CCc4ccccc4C3)n(-c3ccc(Cl)c(Cl)c3)n2)cc1. The lowest BCUT2D eigenvalue weighted by Crippen LogP contribution is -2.37. The number of halogens is 2. The van der Waals surface area contributed by atoms with Crippen molar-refractivity contribution >= 4 is 29.1 Å². The molecule has 0 aliphatic carbocycles. The number of aromatic nitrogens is 2. The fourth-order valence-electron chi connectivity index (χ4n) is 4.08. The topological polar surface area (TPSA) is 47.4 Å². The molecule has 7 heteroatoms. The fraction of sp³-hybridized carbons (Fsp3) is 0.154. The lowest BCUT2D eigenvalue weighted by atomic mass is 9.99. The highest BCUT2D eigenvalue weighted by molar-refractivity contribution is 6.42. The Bertz CT molecular complexity index is 1330. The highest BCUT2D eigenvalue weighted by Crippen LogP contribution is 2.29. The van der Waals surface area contributed by atoms with Crippen molar-refractivity contribution in [2.24, 2.45) is 0 Å². The highest BCUT2D eigenvalue weighted by Gasteiger charge is 2.26. The predicted octanol–water partition coefficient (Wildman–Crippen LogP) is 6.05. The quantitative estimate of drug-likeness (QED) is 0.359. The van der Waals surface area contributed by atoms with Crippen LogP contribution in [0.5, 0.6) is 5.75 Å². The molecule has 1 aliphatic heterocycles. The average molecular weight is 478 g/mol. The summed E-state index contributed by atoms with van der Waals surface area (Å²) in [5, 5.41) is 5.62. The summed E-state index contributed by atoms with van der Waals surface area (Å²) >= 11 is 12.4. The van der Waals surface area contributed by atoms with Gasteiger partial charge in [-0.15, -0.1) is 0 Å². The lowest BCUT2D eigenvalue weighted by molar-refractivity contribution is 0.0725. The minimum atomic E-state index is -0.0807. The molecule has 3 aromatic carbocycles. The van der Waals surface area contributed by atoms with E-state index in [0.717, 1.165) is 17.7 Å². The van der Waals surface area contributed by atoms with Crippen LogP contribution in [0.25, 0.3) is 16.9 Å². The summed E-state index contributed by atoms with van der Waals surface area (Å²) in [6, 6.07) is 22.9. The second kappa shape index (κ2) is 8.93. The van der Waals surface area contributed by atoms with Crippen LogP contribution in [0.1, 0.15) is 21.6 Å². The third-order valence-electron chi connectivity index (χ3n) is 5.88. The Morgan fingerprint density at radius 2 is 1.70 bits per heavy atom. The van der Waals surface area contributed by atoms with E-state index in [4.69, 9.17) is 33.0 Å². The molecule has 1 amide bonds. The van der Waals surface area contributed by atoms with E-state index >= 15 is 0 Å². The third-order valence-corrected chi connectivity index (χ3v) is 6.62. The van der Waals surface area contributed by atoms with Gasteiger partial charge in [-0.1, -0.05) is 47.5 Å². The van der Waals surface area contributed by atoms with E-state index in [9.17, 15) is 4.79 Å². The second-order valence-electron chi connectivity index (χ2n) is 7.90. The molecule has 33 heavy (non-hydrogen) atoms. The van der Waals surface area contributed by atoms with E-state index in [1.807, 2.05) is 47.4 Å². The Labute approximate surface area is 202 Å². The standard InChI is InChI=1S/C26H21Cl2N3O2/c1-33-21-9-6-18(7-10-21)24-15-25(31(29-24)20-8-11-22(27)23(28)14-20)26(32)30-13-12-17-4-2-3-5-19(17)16-30/h2-11,14-15H,12-13,16H2,1H3. The van der Waals surface area contributed by atoms with Crippen molar-refractivity contribution in [2.75, 3.05) is 13.7 Å². The van der Waals surface area contributed by atoms with Gasteiger partial charge in [0.25, 0.3) is 5.91 Å². The van der Waals surface area contributed by atoms with Gasteiger partial charge < -0.3 is 9.64 Å². The molecular weight excluding hydrogens is 457 g/mol. The molecule has 5 nitrogen and oxygen atoms in total. The first-order valence-corrected chi connectivity index (χ1v) is 11.3. The van der Waals surface area contributed by atoms with E-state index in [0.29, 0.717) is 40.2 Å². The summed E-state index contributed by atoms with van der Waals surface area (Å²) in [5.74, 6) is 0.675. The van der Waals surface area contributed by atoms with Crippen LogP contribution in [0.4, 0.5) is 0 Å². The molecule has 0 unspecified atom stereocenters. The maximum atomic E-state index is 13.7. The van der Waals surface area contributed by atoms with Crippen molar-refractivity contribution in [3.63, 3.8) is 0 Å². The molecule has 0 spiro atoms. The molecule has 4 aromatic rings. The van der Waals surface area contributed by atoms with Crippen LogP contribution in [-0.4, -0.2) is 34.2 Å². The smallest absolute Gasteiger partial charge is 0.272 e. The average Bonchev–Trinajstić information content (AvgIpc) is 3.30. The summed E-state index contributed by atoms with van der Waals surface area (Å²) in [7, 11) is 1.63. The van der Waals surface area contributed by atoms with Gasteiger partial charge >= 0.3 is 0 Å². The number of carbonyl (C=O) groups excluding carboxylic acids is 1. The first-order chi connectivity index (χ1) is 16.0. The molecule has 5 rings (SSSR count). The minimum Gasteiger partial charge on any atom is -0.497 e. The zero-order valence-corrected chi connectivity index (χ0v) is 19.5. The van der Waals surface area contributed by atoms with Gasteiger partial charge in [-0.3, -0.25) is 4.79 Å². The third kappa shape index (κ3) is 4.22. The molecule has 0 bridgehead atoms. The second-order valence-corrected chi connectivity index (χ2v) is 8.71. The Kier molecular flexibility index (Phi) is 5.83. The zero-order chi connectivity index (χ0) is 22.9. The lowest BCUT2D eigenvalue weighted by Gasteiger charge is -2.29. The molecule has 0 saturated heterocycles. The molecule has 0 radical (unpaired) electrons. The fourth-order valence-corrected chi connectivity index (χ4v) is 4.37. The summed E-state index contributed by atoms with van der Waals surface area (Å²) in [6.07, 6.45) is 0.828. The van der Waals surface area contributed by atoms with Gasteiger partial charge in [-0.2, -0.15) is 5.10 Å². The van der Waals surface area contributed by atoms with E-state index in [-0.39, 0.29) is 5.91 Å². The summed E-state index contributed by atoms with van der Waals surface area (Å²) in [4.78, 5) is 15.6. The molecule has 1 aliphatic rings. The van der Waals surface area contributed by atoms with Crippen molar-refractivity contribution < 1.29 is 9.53 Å². The first-order valence-electron chi connectivity index (χ1n) is 10.6. The molecule has 0 fully saturated rings. The van der Waals surface area contributed by atoms with Crippen LogP contribution < -0.4 is 4.74 Å². The molecule has 0 saturated carbocycles. The van der Waals surface area contributed by atoms with Crippen LogP contribution in [0.3, 0.4) is 0 Å². The zero-order valence-electron chi connectivity index (χ0n) is 18.0. The van der Waals surface area contributed by atoms with Gasteiger partial charge in [0, 0.05) is 18.7 Å². The van der Waals surface area contributed by atoms with Crippen molar-refractivity contribution in [2.45, 2.75) is 13.0 Å². The van der Waals surface area contributed by atoms with Gasteiger partial charge in [0.15, 0.2) is 0 Å². The van der Waals surface area contributed by atoms with Crippen molar-refractivity contribution in [1.82, 2.24) is 14.7 Å². The number of carbonyl (C=O) groups is 1. The van der Waals surface area contributed by atoms with E-state index in [1.165, 1.54) is 11.1 Å². The van der Waals surface area contributed by atoms with Crippen LogP contribution in [0.2, 0.25) is 10.0 Å². The van der Waals surface area contributed by atoms with Crippen LogP contribution >= 0.6 is 23.2 Å². The van der Waals surface area contributed by atoms with E-state index in [1.54, 1.807) is 30.0 Å². The van der Waals surface area contributed by atoms with Gasteiger partial charge in [-0.25, -0.2) is 4.68 Å².